The van der Waals surface area contributed by atoms with Gasteiger partial charge in [-0.2, -0.15) is 4.98 Å². The fraction of sp³-hybridized carbons (Fsp3) is 0.333. The lowest BCUT2D eigenvalue weighted by Crippen LogP contribution is -2.05. The number of benzene rings is 1. The van der Waals surface area contributed by atoms with Gasteiger partial charge in [-0.3, -0.25) is 0 Å². The van der Waals surface area contributed by atoms with Crippen LogP contribution in [-0.4, -0.2) is 30.7 Å². The summed E-state index contributed by atoms with van der Waals surface area (Å²) in [6, 6.07) is 7.43. The van der Waals surface area contributed by atoms with Crippen LogP contribution >= 0.6 is 0 Å². The Kier molecular flexibility index (Phi) is 5.20. The first-order valence-electron chi connectivity index (χ1n) is 6.82. The van der Waals surface area contributed by atoms with E-state index >= 15 is 0 Å². The highest BCUT2D eigenvalue weighted by Gasteiger charge is 2.05. The fourth-order valence-electron chi connectivity index (χ4n) is 1.81. The Labute approximate surface area is 124 Å². The molecule has 6 heteroatoms. The largest absolute Gasteiger partial charge is 0.493 e. The van der Waals surface area contributed by atoms with E-state index in [0.29, 0.717) is 17.4 Å². The van der Waals surface area contributed by atoms with Gasteiger partial charge < -0.3 is 20.1 Å². The van der Waals surface area contributed by atoms with Crippen molar-refractivity contribution in [2.24, 2.45) is 0 Å². The van der Waals surface area contributed by atoms with Gasteiger partial charge in [-0.25, -0.2) is 4.98 Å². The van der Waals surface area contributed by atoms with Crippen LogP contribution in [0.3, 0.4) is 0 Å². The summed E-state index contributed by atoms with van der Waals surface area (Å²) in [6.45, 7) is 2.94. The van der Waals surface area contributed by atoms with E-state index in [1.54, 1.807) is 20.4 Å². The molecule has 1 aromatic carbocycles. The SMILES string of the molecule is CCCNc1nccc(Nc2ccc(OC)c(OC)c2)n1. The molecule has 0 saturated heterocycles. The molecule has 0 aliphatic rings. The number of hydrogen-bond acceptors (Lipinski definition) is 6. The van der Waals surface area contributed by atoms with Crippen molar-refractivity contribution < 1.29 is 9.47 Å². The van der Waals surface area contributed by atoms with Crippen LogP contribution in [0.4, 0.5) is 17.5 Å². The van der Waals surface area contributed by atoms with Crippen LogP contribution in [0, 0.1) is 0 Å². The minimum Gasteiger partial charge on any atom is -0.493 e. The van der Waals surface area contributed by atoms with E-state index in [0.717, 1.165) is 24.5 Å². The van der Waals surface area contributed by atoms with Crippen molar-refractivity contribution >= 4 is 17.5 Å². The van der Waals surface area contributed by atoms with Crippen molar-refractivity contribution in [1.29, 1.82) is 0 Å². The first-order chi connectivity index (χ1) is 10.3. The second-order valence-corrected chi connectivity index (χ2v) is 4.39. The third-order valence-electron chi connectivity index (χ3n) is 2.84. The molecule has 112 valence electrons. The summed E-state index contributed by atoms with van der Waals surface area (Å²) >= 11 is 0. The van der Waals surface area contributed by atoms with E-state index in [9.17, 15) is 0 Å². The standard InChI is InChI=1S/C15H20N4O2/c1-4-8-16-15-17-9-7-14(19-15)18-11-5-6-12(20-2)13(10-11)21-3/h5-7,9-10H,4,8H2,1-3H3,(H2,16,17,18,19). The van der Waals surface area contributed by atoms with Gasteiger partial charge >= 0.3 is 0 Å². The molecule has 1 aromatic heterocycles. The van der Waals surface area contributed by atoms with E-state index < -0.39 is 0 Å². The summed E-state index contributed by atoms with van der Waals surface area (Å²) in [4.78, 5) is 8.57. The van der Waals surface area contributed by atoms with Gasteiger partial charge in [0.1, 0.15) is 5.82 Å². The average molecular weight is 288 g/mol. The van der Waals surface area contributed by atoms with Crippen LogP contribution in [0.5, 0.6) is 11.5 Å². The molecule has 0 unspecified atom stereocenters. The lowest BCUT2D eigenvalue weighted by atomic mass is 10.2. The number of anilines is 3. The first-order valence-corrected chi connectivity index (χ1v) is 6.82. The third kappa shape index (κ3) is 3.98. The molecule has 0 spiro atoms. The molecule has 21 heavy (non-hydrogen) atoms. The Morgan fingerprint density at radius 3 is 2.62 bits per heavy atom. The minimum absolute atomic E-state index is 0.613. The summed E-state index contributed by atoms with van der Waals surface area (Å²) in [5.74, 6) is 2.69. The molecule has 0 radical (unpaired) electrons. The molecule has 0 aliphatic carbocycles. The molecule has 6 nitrogen and oxygen atoms in total. The van der Waals surface area contributed by atoms with Crippen LogP contribution < -0.4 is 20.1 Å². The van der Waals surface area contributed by atoms with Gasteiger partial charge in [-0.15, -0.1) is 0 Å². The number of aromatic nitrogens is 2. The van der Waals surface area contributed by atoms with Crippen LogP contribution in [0.1, 0.15) is 13.3 Å². The van der Waals surface area contributed by atoms with Gasteiger partial charge in [0.2, 0.25) is 5.95 Å². The lowest BCUT2D eigenvalue weighted by molar-refractivity contribution is 0.355. The van der Waals surface area contributed by atoms with Crippen LogP contribution in [0.25, 0.3) is 0 Å². The minimum atomic E-state index is 0.613. The second kappa shape index (κ2) is 7.33. The number of methoxy groups -OCH3 is 2. The molecule has 0 bridgehead atoms. The van der Waals surface area contributed by atoms with Crippen LogP contribution in [0.15, 0.2) is 30.5 Å². The van der Waals surface area contributed by atoms with Crippen molar-refractivity contribution in [2.45, 2.75) is 13.3 Å². The zero-order valence-corrected chi connectivity index (χ0v) is 12.5. The summed E-state index contributed by atoms with van der Waals surface area (Å²) in [6.07, 6.45) is 2.74. The zero-order valence-electron chi connectivity index (χ0n) is 12.5. The highest BCUT2D eigenvalue weighted by molar-refractivity contribution is 5.61. The normalized spacial score (nSPS) is 10.0. The molecule has 2 aromatic rings. The smallest absolute Gasteiger partial charge is 0.224 e. The lowest BCUT2D eigenvalue weighted by Gasteiger charge is -2.11. The van der Waals surface area contributed by atoms with Crippen molar-refractivity contribution in [3.8, 4) is 11.5 Å². The van der Waals surface area contributed by atoms with Crippen molar-refractivity contribution in [2.75, 3.05) is 31.4 Å². The maximum Gasteiger partial charge on any atom is 0.224 e. The average Bonchev–Trinajstić information content (AvgIpc) is 2.53. The zero-order chi connectivity index (χ0) is 15.1. The highest BCUT2D eigenvalue weighted by atomic mass is 16.5. The van der Waals surface area contributed by atoms with Crippen LogP contribution in [0.2, 0.25) is 0 Å². The number of nitrogens with one attached hydrogen (secondary N) is 2. The summed E-state index contributed by atoms with van der Waals surface area (Å²) in [5, 5.41) is 6.37. The topological polar surface area (TPSA) is 68.3 Å². The van der Waals surface area contributed by atoms with E-state index in [1.165, 1.54) is 0 Å². The Hall–Kier alpha value is -2.50. The molecular formula is C15H20N4O2. The molecule has 2 N–H and O–H groups in total. The summed E-state index contributed by atoms with van der Waals surface area (Å²) < 4.78 is 10.5. The Morgan fingerprint density at radius 1 is 1.10 bits per heavy atom. The van der Waals surface area contributed by atoms with Crippen molar-refractivity contribution in [1.82, 2.24) is 9.97 Å². The molecule has 0 atom stereocenters. The monoisotopic (exact) mass is 288 g/mol. The van der Waals surface area contributed by atoms with Crippen LogP contribution in [-0.2, 0) is 0 Å². The molecule has 2 rings (SSSR count). The Morgan fingerprint density at radius 2 is 1.90 bits per heavy atom. The number of nitrogens with zero attached hydrogens (tertiary/aromatic N) is 2. The van der Waals surface area contributed by atoms with Crippen molar-refractivity contribution in [3.63, 3.8) is 0 Å². The van der Waals surface area contributed by atoms with E-state index in [2.05, 4.69) is 27.5 Å². The molecule has 0 amide bonds. The van der Waals surface area contributed by atoms with Gasteiger partial charge in [0.05, 0.1) is 14.2 Å². The molecule has 0 fully saturated rings. The number of hydrogen-bond donors (Lipinski definition) is 2. The fourth-order valence-corrected chi connectivity index (χ4v) is 1.81. The van der Waals surface area contributed by atoms with Gasteiger partial charge in [0.15, 0.2) is 11.5 Å². The molecule has 1 heterocycles. The predicted octanol–water partition coefficient (Wildman–Crippen LogP) is 3.06. The molecule has 0 saturated carbocycles. The van der Waals surface area contributed by atoms with Gasteiger partial charge in [-0.05, 0) is 24.6 Å². The Bertz CT molecular complexity index is 590. The Balaban J connectivity index is 2.14. The maximum absolute atomic E-state index is 5.28. The van der Waals surface area contributed by atoms with E-state index in [1.807, 2.05) is 24.3 Å². The van der Waals surface area contributed by atoms with Gasteiger partial charge in [-0.1, -0.05) is 6.92 Å². The highest BCUT2D eigenvalue weighted by Crippen LogP contribution is 2.30. The summed E-state index contributed by atoms with van der Waals surface area (Å²) in [7, 11) is 3.22. The molecular weight excluding hydrogens is 268 g/mol. The second-order valence-electron chi connectivity index (χ2n) is 4.39. The number of ether oxygens (including phenoxy) is 2. The quantitative estimate of drug-likeness (QED) is 0.816. The number of rotatable bonds is 7. The van der Waals surface area contributed by atoms with Gasteiger partial charge in [0.25, 0.3) is 0 Å². The van der Waals surface area contributed by atoms with E-state index in [-0.39, 0.29) is 0 Å². The maximum atomic E-state index is 5.28. The summed E-state index contributed by atoms with van der Waals surface area (Å²) in [5.41, 5.74) is 0.868. The van der Waals surface area contributed by atoms with Gasteiger partial charge in [0, 0.05) is 24.5 Å². The van der Waals surface area contributed by atoms with Crippen molar-refractivity contribution in [3.05, 3.63) is 30.5 Å². The predicted molar refractivity (Wildman–Crippen MR) is 83.6 cm³/mol. The molecule has 0 aliphatic heterocycles. The van der Waals surface area contributed by atoms with E-state index in [4.69, 9.17) is 9.47 Å². The third-order valence-corrected chi connectivity index (χ3v) is 2.84. The first kappa shape index (κ1) is 14.9.